The minimum Gasteiger partial charge on any atom is -0.382 e. The van der Waals surface area contributed by atoms with Crippen LogP contribution in [-0.4, -0.2) is 34.7 Å². The van der Waals surface area contributed by atoms with Gasteiger partial charge in [0.2, 0.25) is 16.5 Å². The molecule has 0 spiro atoms. The number of rotatable bonds is 6. The molecule has 1 aromatic heterocycles. The van der Waals surface area contributed by atoms with Crippen LogP contribution in [0.1, 0.15) is 13.3 Å². The minimum atomic E-state index is 0.0855. The highest BCUT2D eigenvalue weighted by molar-refractivity contribution is 6.31. The number of aromatic nitrogens is 3. The molecule has 5 nitrogen and oxygen atoms in total. The fourth-order valence-corrected chi connectivity index (χ4v) is 1.29. The zero-order valence-electron chi connectivity index (χ0n) is 8.33. The van der Waals surface area contributed by atoms with Crippen LogP contribution in [0.2, 0.25) is 10.6 Å². The van der Waals surface area contributed by atoms with Gasteiger partial charge in [0, 0.05) is 19.8 Å². The van der Waals surface area contributed by atoms with Gasteiger partial charge in [-0.15, -0.1) is 0 Å². The molecule has 0 saturated heterocycles. The van der Waals surface area contributed by atoms with E-state index in [1.807, 2.05) is 6.92 Å². The van der Waals surface area contributed by atoms with Crippen LogP contribution in [0.4, 0.5) is 5.95 Å². The first-order valence-corrected chi connectivity index (χ1v) is 5.36. The monoisotopic (exact) mass is 250 g/mol. The maximum absolute atomic E-state index is 5.60. The molecule has 0 fully saturated rings. The Bertz CT molecular complexity index is 290. The largest absolute Gasteiger partial charge is 0.382 e. The Balaban J connectivity index is 2.31. The van der Waals surface area contributed by atoms with Crippen molar-refractivity contribution in [2.24, 2.45) is 0 Å². The third-order valence-corrected chi connectivity index (χ3v) is 1.87. The van der Waals surface area contributed by atoms with Gasteiger partial charge in [-0.2, -0.15) is 15.0 Å². The number of nitrogens with one attached hydrogen (secondary N) is 1. The highest BCUT2D eigenvalue weighted by Crippen LogP contribution is 2.09. The predicted molar refractivity (Wildman–Crippen MR) is 59.4 cm³/mol. The lowest BCUT2D eigenvalue weighted by Gasteiger charge is -2.04. The van der Waals surface area contributed by atoms with E-state index in [-0.39, 0.29) is 10.6 Å². The van der Waals surface area contributed by atoms with Crippen molar-refractivity contribution >= 4 is 29.2 Å². The molecule has 0 atom stereocenters. The zero-order chi connectivity index (χ0) is 11.1. The van der Waals surface area contributed by atoms with Gasteiger partial charge in [0.15, 0.2) is 0 Å². The van der Waals surface area contributed by atoms with Crippen molar-refractivity contribution in [3.8, 4) is 0 Å². The average Bonchev–Trinajstić information content (AvgIpc) is 2.16. The maximum atomic E-state index is 5.60. The summed E-state index contributed by atoms with van der Waals surface area (Å²) in [6.45, 7) is 4.09. The van der Waals surface area contributed by atoms with Gasteiger partial charge in [-0.05, 0) is 36.5 Å². The SMILES string of the molecule is CCOCCCNc1nc(Cl)nc(Cl)n1. The van der Waals surface area contributed by atoms with E-state index in [0.29, 0.717) is 19.1 Å². The number of anilines is 1. The van der Waals surface area contributed by atoms with Crippen LogP contribution >= 0.6 is 23.2 Å². The molecule has 0 aliphatic carbocycles. The molecule has 0 bridgehead atoms. The number of nitrogens with zero attached hydrogens (tertiary/aromatic N) is 3. The summed E-state index contributed by atoms with van der Waals surface area (Å²) < 4.78 is 5.17. The Labute approximate surface area is 98.2 Å². The summed E-state index contributed by atoms with van der Waals surface area (Å²) >= 11 is 11.2. The van der Waals surface area contributed by atoms with Crippen molar-refractivity contribution < 1.29 is 4.74 Å². The van der Waals surface area contributed by atoms with Crippen LogP contribution in [0.25, 0.3) is 0 Å². The van der Waals surface area contributed by atoms with Gasteiger partial charge in [-0.3, -0.25) is 0 Å². The van der Waals surface area contributed by atoms with Gasteiger partial charge in [-0.25, -0.2) is 0 Å². The third kappa shape index (κ3) is 5.11. The minimum absolute atomic E-state index is 0.0855. The van der Waals surface area contributed by atoms with Crippen molar-refractivity contribution in [3.05, 3.63) is 10.6 Å². The van der Waals surface area contributed by atoms with E-state index in [2.05, 4.69) is 20.3 Å². The first-order valence-electron chi connectivity index (χ1n) is 4.61. The fourth-order valence-electron chi connectivity index (χ4n) is 0.924. The van der Waals surface area contributed by atoms with E-state index in [9.17, 15) is 0 Å². The Kier molecular flexibility index (Phi) is 5.60. The van der Waals surface area contributed by atoms with E-state index < -0.39 is 0 Å². The standard InChI is InChI=1S/C8H12Cl2N4O/c1-2-15-5-3-4-11-8-13-6(9)12-7(10)14-8/h2-5H2,1H3,(H,11,12,13,14). The summed E-state index contributed by atoms with van der Waals surface area (Å²) in [5.41, 5.74) is 0. The normalized spacial score (nSPS) is 10.3. The van der Waals surface area contributed by atoms with E-state index in [4.69, 9.17) is 27.9 Å². The molecule has 0 aromatic carbocycles. The Morgan fingerprint density at radius 3 is 2.47 bits per heavy atom. The second-order valence-corrected chi connectivity index (χ2v) is 3.35. The second kappa shape index (κ2) is 6.76. The summed E-state index contributed by atoms with van der Waals surface area (Å²) in [5.74, 6) is 0.386. The molecule has 0 aliphatic heterocycles. The van der Waals surface area contributed by atoms with E-state index in [0.717, 1.165) is 13.0 Å². The van der Waals surface area contributed by atoms with Crippen LogP contribution in [0.3, 0.4) is 0 Å². The maximum Gasteiger partial charge on any atom is 0.228 e. The molecule has 0 saturated carbocycles. The van der Waals surface area contributed by atoms with Crippen molar-refractivity contribution in [2.75, 3.05) is 25.1 Å². The Hall–Kier alpha value is -0.650. The summed E-state index contributed by atoms with van der Waals surface area (Å²) in [5, 5.41) is 3.15. The molecule has 0 amide bonds. The molecule has 84 valence electrons. The number of hydrogen-bond acceptors (Lipinski definition) is 5. The lowest BCUT2D eigenvalue weighted by molar-refractivity contribution is 0.147. The molecule has 1 aromatic rings. The fraction of sp³-hybridized carbons (Fsp3) is 0.625. The third-order valence-electron chi connectivity index (χ3n) is 1.53. The predicted octanol–water partition coefficient (Wildman–Crippen LogP) is 2.02. The van der Waals surface area contributed by atoms with Crippen molar-refractivity contribution in [3.63, 3.8) is 0 Å². The lowest BCUT2D eigenvalue weighted by Crippen LogP contribution is -2.09. The molecule has 0 unspecified atom stereocenters. The van der Waals surface area contributed by atoms with Gasteiger partial charge >= 0.3 is 0 Å². The first-order chi connectivity index (χ1) is 7.22. The smallest absolute Gasteiger partial charge is 0.228 e. The van der Waals surface area contributed by atoms with Crippen LogP contribution < -0.4 is 5.32 Å². The van der Waals surface area contributed by atoms with Crippen molar-refractivity contribution in [2.45, 2.75) is 13.3 Å². The van der Waals surface area contributed by atoms with E-state index >= 15 is 0 Å². The van der Waals surface area contributed by atoms with Crippen LogP contribution in [0, 0.1) is 0 Å². The number of halogens is 2. The molecule has 0 radical (unpaired) electrons. The lowest BCUT2D eigenvalue weighted by atomic mass is 10.4. The number of ether oxygens (including phenoxy) is 1. The number of hydrogen-bond donors (Lipinski definition) is 1. The molecule has 1 N–H and O–H groups in total. The van der Waals surface area contributed by atoms with Gasteiger partial charge in [0.05, 0.1) is 0 Å². The van der Waals surface area contributed by atoms with Crippen molar-refractivity contribution in [1.82, 2.24) is 15.0 Å². The highest BCUT2D eigenvalue weighted by Gasteiger charge is 2.01. The molecule has 0 aliphatic rings. The Morgan fingerprint density at radius 2 is 1.87 bits per heavy atom. The molecule has 1 heterocycles. The molecule has 7 heteroatoms. The summed E-state index contributed by atoms with van der Waals surface area (Å²) in [6.07, 6.45) is 0.870. The van der Waals surface area contributed by atoms with Crippen molar-refractivity contribution in [1.29, 1.82) is 0 Å². The second-order valence-electron chi connectivity index (χ2n) is 2.67. The quantitative estimate of drug-likeness (QED) is 0.783. The van der Waals surface area contributed by atoms with Gasteiger partial charge < -0.3 is 10.1 Å². The summed E-state index contributed by atoms with van der Waals surface area (Å²) in [4.78, 5) is 11.4. The van der Waals surface area contributed by atoms with Crippen LogP contribution in [-0.2, 0) is 4.74 Å². The zero-order valence-corrected chi connectivity index (χ0v) is 9.85. The van der Waals surface area contributed by atoms with Crippen LogP contribution in [0.5, 0.6) is 0 Å². The summed E-state index contributed by atoms with van der Waals surface area (Å²) in [6, 6.07) is 0. The van der Waals surface area contributed by atoms with Crippen LogP contribution in [0.15, 0.2) is 0 Å². The van der Waals surface area contributed by atoms with E-state index in [1.54, 1.807) is 0 Å². The van der Waals surface area contributed by atoms with Gasteiger partial charge in [0.25, 0.3) is 0 Å². The topological polar surface area (TPSA) is 59.9 Å². The van der Waals surface area contributed by atoms with Gasteiger partial charge in [0.1, 0.15) is 0 Å². The molecular formula is C8H12Cl2N4O. The first kappa shape index (κ1) is 12.4. The molecule has 1 rings (SSSR count). The molecular weight excluding hydrogens is 239 g/mol. The van der Waals surface area contributed by atoms with E-state index in [1.165, 1.54) is 0 Å². The Morgan fingerprint density at radius 1 is 1.20 bits per heavy atom. The highest BCUT2D eigenvalue weighted by atomic mass is 35.5. The molecule has 15 heavy (non-hydrogen) atoms. The summed E-state index contributed by atoms with van der Waals surface area (Å²) in [7, 11) is 0. The van der Waals surface area contributed by atoms with Gasteiger partial charge in [-0.1, -0.05) is 0 Å². The average molecular weight is 251 g/mol.